The number of anilines is 1. The van der Waals surface area contributed by atoms with E-state index in [9.17, 15) is 14.9 Å². The van der Waals surface area contributed by atoms with Crippen LogP contribution >= 0.6 is 15.9 Å². The summed E-state index contributed by atoms with van der Waals surface area (Å²) < 4.78 is 0.769. The number of carbonyl (C=O) groups excluding carboxylic acids is 1. The van der Waals surface area contributed by atoms with Gasteiger partial charge in [-0.1, -0.05) is 34.1 Å². The average Bonchev–Trinajstić information content (AvgIpc) is 3.03. The van der Waals surface area contributed by atoms with Crippen LogP contribution in [-0.4, -0.2) is 34.9 Å². The fraction of sp³-hybridized carbons (Fsp3) is 0.235. The Morgan fingerprint density at radius 3 is 2.71 bits per heavy atom. The van der Waals surface area contributed by atoms with Gasteiger partial charge in [0.05, 0.1) is 4.92 Å². The second kappa shape index (κ2) is 7.00. The van der Waals surface area contributed by atoms with Crippen molar-refractivity contribution in [2.45, 2.75) is 12.5 Å². The Morgan fingerprint density at radius 1 is 1.25 bits per heavy atom. The number of likely N-dealkylation sites (tertiary alicyclic amines) is 1. The highest BCUT2D eigenvalue weighted by molar-refractivity contribution is 9.10. The number of hydrogen-bond donors (Lipinski definition) is 1. The summed E-state index contributed by atoms with van der Waals surface area (Å²) in [6.07, 6.45) is 0.752. The minimum atomic E-state index is -0.406. The lowest BCUT2D eigenvalue weighted by molar-refractivity contribution is -0.384. The van der Waals surface area contributed by atoms with E-state index < -0.39 is 4.92 Å². The zero-order valence-corrected chi connectivity index (χ0v) is 14.4. The van der Waals surface area contributed by atoms with Crippen LogP contribution in [0.4, 0.5) is 11.4 Å². The second-order valence-corrected chi connectivity index (χ2v) is 6.58. The summed E-state index contributed by atoms with van der Waals surface area (Å²) in [6, 6.07) is 13.9. The van der Waals surface area contributed by atoms with Crippen molar-refractivity contribution in [1.82, 2.24) is 4.90 Å². The number of halogens is 1. The fourth-order valence-corrected chi connectivity index (χ4v) is 3.19. The van der Waals surface area contributed by atoms with Crippen molar-refractivity contribution in [1.29, 1.82) is 0 Å². The van der Waals surface area contributed by atoms with Gasteiger partial charge in [-0.3, -0.25) is 14.9 Å². The number of benzene rings is 2. The van der Waals surface area contributed by atoms with Crippen LogP contribution < -0.4 is 5.32 Å². The van der Waals surface area contributed by atoms with Crippen LogP contribution in [0.2, 0.25) is 0 Å². The van der Waals surface area contributed by atoms with E-state index in [2.05, 4.69) is 21.2 Å². The second-order valence-electron chi connectivity index (χ2n) is 5.67. The molecule has 0 spiro atoms. The predicted molar refractivity (Wildman–Crippen MR) is 95.2 cm³/mol. The Bertz CT molecular complexity index is 767. The summed E-state index contributed by atoms with van der Waals surface area (Å²) >= 11 is 3.33. The lowest BCUT2D eigenvalue weighted by Crippen LogP contribution is -2.31. The highest BCUT2D eigenvalue weighted by Gasteiger charge is 2.28. The Kier molecular flexibility index (Phi) is 4.80. The molecule has 0 radical (unpaired) electrons. The molecule has 7 heteroatoms. The molecule has 6 nitrogen and oxygen atoms in total. The molecular formula is C17H16BrN3O3. The van der Waals surface area contributed by atoms with E-state index in [1.807, 2.05) is 18.2 Å². The van der Waals surface area contributed by atoms with Gasteiger partial charge in [0.2, 0.25) is 0 Å². The number of nitro benzene ring substituents is 1. The number of hydrogen-bond acceptors (Lipinski definition) is 4. The highest BCUT2D eigenvalue weighted by atomic mass is 79.9. The molecule has 0 saturated carbocycles. The fourth-order valence-electron chi connectivity index (χ4n) is 2.83. The maximum absolute atomic E-state index is 12.5. The van der Waals surface area contributed by atoms with E-state index in [0.717, 1.165) is 10.9 Å². The molecule has 1 amide bonds. The monoisotopic (exact) mass is 389 g/mol. The van der Waals surface area contributed by atoms with Gasteiger partial charge in [0.1, 0.15) is 5.69 Å². The first kappa shape index (κ1) is 16.4. The van der Waals surface area contributed by atoms with Crippen LogP contribution in [0, 0.1) is 10.1 Å². The van der Waals surface area contributed by atoms with Crippen LogP contribution in [0.3, 0.4) is 0 Å². The zero-order chi connectivity index (χ0) is 17.1. The zero-order valence-electron chi connectivity index (χ0n) is 12.8. The maximum Gasteiger partial charge on any atom is 0.292 e. The SMILES string of the molecule is O=C(c1ccccc1)N1CCC(Nc2cc(Br)ccc2[N+](=O)[O-])C1. The summed E-state index contributed by atoms with van der Waals surface area (Å²) in [5.74, 6) is -0.0105. The third kappa shape index (κ3) is 3.56. The van der Waals surface area contributed by atoms with E-state index in [1.54, 1.807) is 29.2 Å². The van der Waals surface area contributed by atoms with Crippen molar-refractivity contribution in [3.8, 4) is 0 Å². The number of nitrogens with one attached hydrogen (secondary N) is 1. The van der Waals surface area contributed by atoms with Gasteiger partial charge in [0.25, 0.3) is 11.6 Å². The number of nitrogens with zero attached hydrogens (tertiary/aromatic N) is 2. The van der Waals surface area contributed by atoms with Gasteiger partial charge in [-0.25, -0.2) is 0 Å². The Balaban J connectivity index is 1.70. The molecule has 0 aromatic heterocycles. The number of nitro groups is 1. The van der Waals surface area contributed by atoms with E-state index in [-0.39, 0.29) is 17.6 Å². The maximum atomic E-state index is 12.5. The Labute approximate surface area is 147 Å². The van der Waals surface area contributed by atoms with Gasteiger partial charge in [0, 0.05) is 35.2 Å². The molecule has 1 atom stereocenters. The Hall–Kier alpha value is -2.41. The lowest BCUT2D eigenvalue weighted by Gasteiger charge is -2.18. The molecule has 1 unspecified atom stereocenters. The normalized spacial score (nSPS) is 16.9. The average molecular weight is 390 g/mol. The van der Waals surface area contributed by atoms with Crippen molar-refractivity contribution in [2.24, 2.45) is 0 Å². The molecule has 0 aliphatic carbocycles. The number of carbonyl (C=O) groups is 1. The first-order chi connectivity index (χ1) is 11.5. The van der Waals surface area contributed by atoms with Crippen LogP contribution in [0.15, 0.2) is 53.0 Å². The molecule has 1 saturated heterocycles. The highest BCUT2D eigenvalue weighted by Crippen LogP contribution is 2.29. The summed E-state index contributed by atoms with van der Waals surface area (Å²) in [6.45, 7) is 1.16. The summed E-state index contributed by atoms with van der Waals surface area (Å²) in [5, 5.41) is 14.4. The molecule has 1 heterocycles. The van der Waals surface area contributed by atoms with E-state index >= 15 is 0 Å². The number of amides is 1. The summed E-state index contributed by atoms with van der Waals surface area (Å²) in [5.41, 5.74) is 1.16. The van der Waals surface area contributed by atoms with Gasteiger partial charge >= 0.3 is 0 Å². The van der Waals surface area contributed by atoms with Crippen molar-refractivity contribution >= 4 is 33.2 Å². The molecule has 1 aliphatic rings. The molecule has 0 bridgehead atoms. The Morgan fingerprint density at radius 2 is 2.00 bits per heavy atom. The lowest BCUT2D eigenvalue weighted by atomic mass is 10.2. The third-order valence-electron chi connectivity index (χ3n) is 4.01. The van der Waals surface area contributed by atoms with Gasteiger partial charge in [-0.05, 0) is 30.7 Å². The van der Waals surface area contributed by atoms with E-state index in [0.29, 0.717) is 24.3 Å². The van der Waals surface area contributed by atoms with Crippen LogP contribution in [-0.2, 0) is 0 Å². The summed E-state index contributed by atoms with van der Waals surface area (Å²) in [4.78, 5) is 25.0. The molecule has 3 rings (SSSR count). The largest absolute Gasteiger partial charge is 0.375 e. The predicted octanol–water partition coefficient (Wildman–Crippen LogP) is 3.68. The summed E-state index contributed by atoms with van der Waals surface area (Å²) in [7, 11) is 0. The third-order valence-corrected chi connectivity index (χ3v) is 4.50. The molecule has 2 aromatic carbocycles. The van der Waals surface area contributed by atoms with Crippen LogP contribution in [0.1, 0.15) is 16.8 Å². The first-order valence-corrected chi connectivity index (χ1v) is 8.38. The van der Waals surface area contributed by atoms with Crippen molar-refractivity contribution in [3.05, 3.63) is 68.7 Å². The minimum absolute atomic E-state index is 0.00865. The van der Waals surface area contributed by atoms with Crippen molar-refractivity contribution < 1.29 is 9.72 Å². The molecule has 1 N–H and O–H groups in total. The van der Waals surface area contributed by atoms with Crippen LogP contribution in [0.5, 0.6) is 0 Å². The molecular weight excluding hydrogens is 374 g/mol. The molecule has 1 aliphatic heterocycles. The van der Waals surface area contributed by atoms with Crippen molar-refractivity contribution in [3.63, 3.8) is 0 Å². The first-order valence-electron chi connectivity index (χ1n) is 7.59. The molecule has 2 aromatic rings. The molecule has 124 valence electrons. The minimum Gasteiger partial charge on any atom is -0.375 e. The number of rotatable bonds is 4. The van der Waals surface area contributed by atoms with Gasteiger partial charge in [-0.2, -0.15) is 0 Å². The standard InChI is InChI=1S/C17H16BrN3O3/c18-13-6-7-16(21(23)24)15(10-13)19-14-8-9-20(11-14)17(22)12-4-2-1-3-5-12/h1-7,10,14,19H,8-9,11H2. The quantitative estimate of drug-likeness (QED) is 0.638. The van der Waals surface area contributed by atoms with Gasteiger partial charge in [-0.15, -0.1) is 0 Å². The molecule has 24 heavy (non-hydrogen) atoms. The van der Waals surface area contributed by atoms with Crippen LogP contribution in [0.25, 0.3) is 0 Å². The van der Waals surface area contributed by atoms with Gasteiger partial charge in [0.15, 0.2) is 0 Å². The van der Waals surface area contributed by atoms with Crippen molar-refractivity contribution in [2.75, 3.05) is 18.4 Å². The van der Waals surface area contributed by atoms with E-state index in [1.165, 1.54) is 6.07 Å². The molecule has 1 fully saturated rings. The topological polar surface area (TPSA) is 75.5 Å². The van der Waals surface area contributed by atoms with E-state index in [4.69, 9.17) is 0 Å². The smallest absolute Gasteiger partial charge is 0.292 e. The van der Waals surface area contributed by atoms with Gasteiger partial charge < -0.3 is 10.2 Å².